The molecule has 1 atom stereocenters. The van der Waals surface area contributed by atoms with Gasteiger partial charge in [0.05, 0.1) is 30.8 Å². The van der Waals surface area contributed by atoms with Crippen LogP contribution in [-0.4, -0.2) is 49.8 Å². The van der Waals surface area contributed by atoms with Crippen molar-refractivity contribution in [1.82, 2.24) is 3.71 Å². The molecule has 0 fully saturated rings. The van der Waals surface area contributed by atoms with Crippen LogP contribution in [0.3, 0.4) is 0 Å². The van der Waals surface area contributed by atoms with Gasteiger partial charge in [-0.1, -0.05) is 21.9 Å². The fraction of sp³-hybridized carbons (Fsp3) is 0.350. The van der Waals surface area contributed by atoms with Gasteiger partial charge in [-0.25, -0.2) is 21.2 Å². The molecule has 0 aliphatic rings. The summed E-state index contributed by atoms with van der Waals surface area (Å²) < 4.78 is 61.2. The van der Waals surface area contributed by atoms with E-state index < -0.39 is 44.6 Å². The van der Waals surface area contributed by atoms with Crippen molar-refractivity contribution in [3.63, 3.8) is 0 Å². The standard InChI is InChI=1S/C20H23FN2O6S2/c1-30(26,27)23(31(2,28)29)11-3-10-20(25,17-5-7-18(21)8-6-17)19-9-4-15(13-22)12-16(19)14-24/h4-9,12,24-25H,3,10-11,14H2,1-2H3. The molecule has 0 aliphatic heterocycles. The Morgan fingerprint density at radius 2 is 1.65 bits per heavy atom. The second kappa shape index (κ2) is 9.42. The highest BCUT2D eigenvalue weighted by atomic mass is 32.3. The molecular formula is C20H23FN2O6S2. The monoisotopic (exact) mass is 470 g/mol. The molecule has 0 bridgehead atoms. The average Bonchev–Trinajstić information content (AvgIpc) is 2.69. The van der Waals surface area contributed by atoms with Crippen LogP contribution in [0.5, 0.6) is 0 Å². The van der Waals surface area contributed by atoms with Crippen LogP contribution in [0.2, 0.25) is 0 Å². The van der Waals surface area contributed by atoms with Crippen LogP contribution < -0.4 is 0 Å². The largest absolute Gasteiger partial charge is 0.392 e. The Morgan fingerprint density at radius 3 is 2.13 bits per heavy atom. The van der Waals surface area contributed by atoms with Gasteiger partial charge in [-0.15, -0.1) is 0 Å². The smallest absolute Gasteiger partial charge is 0.224 e. The minimum Gasteiger partial charge on any atom is -0.392 e. The maximum absolute atomic E-state index is 13.4. The lowest BCUT2D eigenvalue weighted by molar-refractivity contribution is 0.0657. The fourth-order valence-electron chi connectivity index (χ4n) is 3.40. The van der Waals surface area contributed by atoms with Gasteiger partial charge in [0.25, 0.3) is 0 Å². The number of rotatable bonds is 9. The third-order valence-corrected chi connectivity index (χ3v) is 8.26. The summed E-state index contributed by atoms with van der Waals surface area (Å²) in [4.78, 5) is 0. The van der Waals surface area contributed by atoms with Crippen LogP contribution in [0.4, 0.5) is 4.39 Å². The van der Waals surface area contributed by atoms with Crippen molar-refractivity contribution in [2.45, 2.75) is 25.0 Å². The maximum atomic E-state index is 13.4. The van der Waals surface area contributed by atoms with Gasteiger partial charge in [0.1, 0.15) is 11.4 Å². The fourth-order valence-corrected chi connectivity index (χ4v) is 6.29. The van der Waals surface area contributed by atoms with E-state index in [0.717, 1.165) is 24.6 Å². The summed E-state index contributed by atoms with van der Waals surface area (Å²) >= 11 is 0. The van der Waals surface area contributed by atoms with Crippen molar-refractivity contribution in [3.05, 3.63) is 70.5 Å². The molecule has 8 nitrogen and oxygen atoms in total. The van der Waals surface area contributed by atoms with Crippen molar-refractivity contribution in [1.29, 1.82) is 5.26 Å². The lowest BCUT2D eigenvalue weighted by Gasteiger charge is -2.32. The Bertz CT molecular complexity index is 1160. The molecule has 168 valence electrons. The molecule has 2 N–H and O–H groups in total. The SMILES string of the molecule is CS(=O)(=O)N(CCCC(O)(c1ccc(F)cc1)c1ccc(C#N)cc1CO)S(C)(=O)=O. The summed E-state index contributed by atoms with van der Waals surface area (Å²) in [5.41, 5.74) is -0.784. The number of sulfonamides is 2. The van der Waals surface area contributed by atoms with E-state index in [0.29, 0.717) is 3.71 Å². The van der Waals surface area contributed by atoms with Crippen molar-refractivity contribution in [2.24, 2.45) is 0 Å². The average molecular weight is 471 g/mol. The zero-order valence-corrected chi connectivity index (χ0v) is 18.6. The van der Waals surface area contributed by atoms with E-state index >= 15 is 0 Å². The second-order valence-corrected chi connectivity index (χ2v) is 11.2. The van der Waals surface area contributed by atoms with Gasteiger partial charge in [0.2, 0.25) is 20.0 Å². The summed E-state index contributed by atoms with van der Waals surface area (Å²) in [6.07, 6.45) is 1.33. The molecule has 31 heavy (non-hydrogen) atoms. The Labute approximate surface area is 181 Å². The Hall–Kier alpha value is -2.36. The van der Waals surface area contributed by atoms with Gasteiger partial charge < -0.3 is 10.2 Å². The van der Waals surface area contributed by atoms with E-state index in [1.54, 1.807) is 0 Å². The van der Waals surface area contributed by atoms with Crippen molar-refractivity contribution in [2.75, 3.05) is 19.1 Å². The van der Waals surface area contributed by atoms with Crippen LogP contribution in [-0.2, 0) is 32.3 Å². The van der Waals surface area contributed by atoms with Gasteiger partial charge in [-0.2, -0.15) is 5.26 Å². The maximum Gasteiger partial charge on any atom is 0.224 e. The summed E-state index contributed by atoms with van der Waals surface area (Å²) in [5, 5.41) is 30.5. The van der Waals surface area contributed by atoms with Crippen molar-refractivity contribution < 1.29 is 31.4 Å². The minimum atomic E-state index is -4.06. The van der Waals surface area contributed by atoms with Gasteiger partial charge >= 0.3 is 0 Å². The van der Waals surface area contributed by atoms with Gasteiger partial charge in [-0.3, -0.25) is 0 Å². The summed E-state index contributed by atoms with van der Waals surface area (Å²) in [6, 6.07) is 11.2. The van der Waals surface area contributed by atoms with Crippen LogP contribution >= 0.6 is 0 Å². The van der Waals surface area contributed by atoms with Crippen LogP contribution in [0, 0.1) is 17.1 Å². The van der Waals surface area contributed by atoms with Crippen LogP contribution in [0.25, 0.3) is 0 Å². The quantitative estimate of drug-likeness (QED) is 0.566. The van der Waals surface area contributed by atoms with E-state index in [1.807, 2.05) is 6.07 Å². The molecule has 2 aromatic rings. The Morgan fingerprint density at radius 1 is 1.06 bits per heavy atom. The molecule has 0 heterocycles. The van der Waals surface area contributed by atoms with E-state index in [1.165, 1.54) is 30.3 Å². The number of hydrogen-bond donors (Lipinski definition) is 2. The van der Waals surface area contributed by atoms with Crippen molar-refractivity contribution in [3.8, 4) is 6.07 Å². The third-order valence-electron chi connectivity index (χ3n) is 4.79. The molecule has 1 unspecified atom stereocenters. The van der Waals surface area contributed by atoms with Crippen LogP contribution in [0.15, 0.2) is 42.5 Å². The molecule has 2 aromatic carbocycles. The summed E-state index contributed by atoms with van der Waals surface area (Å²) in [5.74, 6) is -0.534. The molecule has 2 rings (SSSR count). The minimum absolute atomic E-state index is 0.0705. The molecule has 0 aromatic heterocycles. The molecule has 0 radical (unpaired) electrons. The first-order chi connectivity index (χ1) is 14.3. The van der Waals surface area contributed by atoms with E-state index in [-0.39, 0.29) is 35.1 Å². The first kappa shape index (κ1) is 24.9. The van der Waals surface area contributed by atoms with Gasteiger partial charge in [0, 0.05) is 6.54 Å². The predicted molar refractivity (Wildman–Crippen MR) is 112 cm³/mol. The molecule has 11 heteroatoms. The number of aliphatic hydroxyl groups is 2. The van der Waals surface area contributed by atoms with E-state index in [4.69, 9.17) is 5.26 Å². The normalized spacial score (nSPS) is 14.2. The Balaban J connectivity index is 2.50. The highest BCUT2D eigenvalue weighted by Crippen LogP contribution is 2.37. The number of halogens is 1. The summed E-state index contributed by atoms with van der Waals surface area (Å²) in [6.45, 7) is -0.904. The number of nitrogens with zero attached hydrogens (tertiary/aromatic N) is 2. The molecule has 0 aliphatic carbocycles. The van der Waals surface area contributed by atoms with E-state index in [9.17, 15) is 31.4 Å². The van der Waals surface area contributed by atoms with E-state index in [2.05, 4.69) is 0 Å². The molecular weight excluding hydrogens is 447 g/mol. The lowest BCUT2D eigenvalue weighted by Crippen LogP contribution is -2.37. The zero-order valence-electron chi connectivity index (χ0n) is 17.0. The molecule has 0 saturated heterocycles. The topological polar surface area (TPSA) is 136 Å². The second-order valence-electron chi connectivity index (χ2n) is 7.13. The predicted octanol–water partition coefficient (Wildman–Crippen LogP) is 1.43. The van der Waals surface area contributed by atoms with Gasteiger partial charge in [0.15, 0.2) is 0 Å². The lowest BCUT2D eigenvalue weighted by atomic mass is 9.80. The number of nitriles is 1. The van der Waals surface area contributed by atoms with Gasteiger partial charge in [-0.05, 0) is 53.8 Å². The number of hydrogen-bond acceptors (Lipinski definition) is 7. The third kappa shape index (κ3) is 5.87. The molecule has 0 amide bonds. The first-order valence-corrected chi connectivity index (χ1v) is 12.8. The Kier molecular flexibility index (Phi) is 7.57. The highest BCUT2D eigenvalue weighted by molar-refractivity contribution is 8.03. The molecule has 0 spiro atoms. The first-order valence-electron chi connectivity index (χ1n) is 9.13. The number of aliphatic hydroxyl groups excluding tert-OH is 1. The number of benzene rings is 2. The zero-order chi connectivity index (χ0) is 23.4. The van der Waals surface area contributed by atoms with Crippen molar-refractivity contribution >= 4 is 20.0 Å². The summed E-state index contributed by atoms with van der Waals surface area (Å²) in [7, 11) is -8.12. The van der Waals surface area contributed by atoms with Crippen LogP contribution in [0.1, 0.15) is 35.1 Å². The highest BCUT2D eigenvalue weighted by Gasteiger charge is 2.35. The molecule has 0 saturated carbocycles.